The molecule has 2 saturated heterocycles. The first-order valence-corrected chi connectivity index (χ1v) is 19.3. The van der Waals surface area contributed by atoms with Crippen molar-refractivity contribution in [3.05, 3.63) is 0 Å². The van der Waals surface area contributed by atoms with E-state index in [1.54, 1.807) is 6.92 Å². The van der Waals surface area contributed by atoms with Gasteiger partial charge in [-0.3, -0.25) is 9.59 Å². The van der Waals surface area contributed by atoms with Crippen molar-refractivity contribution < 1.29 is 69.4 Å². The first-order valence-electron chi connectivity index (χ1n) is 19.3. The van der Waals surface area contributed by atoms with Crippen LogP contribution in [-0.4, -0.2) is 205 Å². The highest BCUT2D eigenvalue weighted by atomic mass is 16.7. The lowest BCUT2D eigenvalue weighted by Crippen LogP contribution is -2.59. The van der Waals surface area contributed by atoms with Crippen molar-refractivity contribution in [1.29, 1.82) is 0 Å². The highest BCUT2D eigenvalue weighted by Gasteiger charge is 2.44. The quantitative estimate of drug-likeness (QED) is 0.0293. The number of amides is 1. The number of carbonyl (C=O) groups is 2. The molecule has 0 aliphatic carbocycles. The van der Waals surface area contributed by atoms with Crippen LogP contribution in [0.5, 0.6) is 0 Å². The van der Waals surface area contributed by atoms with E-state index in [1.165, 1.54) is 0 Å². The lowest BCUT2D eigenvalue weighted by atomic mass is 9.99. The second kappa shape index (κ2) is 28.7. The molecule has 1 unspecified atom stereocenters. The first-order chi connectivity index (χ1) is 26.0. The summed E-state index contributed by atoms with van der Waals surface area (Å²) in [7, 11) is 0. The van der Waals surface area contributed by atoms with Crippen LogP contribution in [0.15, 0.2) is 0 Å². The Morgan fingerprint density at radius 2 is 1.15 bits per heavy atom. The summed E-state index contributed by atoms with van der Waals surface area (Å²) >= 11 is 0. The van der Waals surface area contributed by atoms with Gasteiger partial charge in [-0.2, -0.15) is 0 Å². The fourth-order valence-electron chi connectivity index (χ4n) is 5.89. The van der Waals surface area contributed by atoms with Crippen LogP contribution in [0.3, 0.4) is 0 Å². The number of carboxylic acid groups (broad SMARTS) is 1. The Kier molecular flexibility index (Phi) is 25.7. The zero-order valence-corrected chi connectivity index (χ0v) is 31.5. The third-order valence-electron chi connectivity index (χ3n) is 9.21. The molecule has 2 fully saturated rings. The molecule has 0 saturated carbocycles. The lowest BCUT2D eigenvalue weighted by Gasteiger charge is -2.39. The van der Waals surface area contributed by atoms with Gasteiger partial charge in [0.1, 0.15) is 42.7 Å². The van der Waals surface area contributed by atoms with Crippen molar-refractivity contribution >= 4 is 11.9 Å². The molecule has 318 valence electrons. The number of aliphatic carboxylic acids is 1. The maximum absolute atomic E-state index is 13.1. The van der Waals surface area contributed by atoms with Crippen LogP contribution in [0.25, 0.3) is 0 Å². The molecular weight excluding hydrogens is 716 g/mol. The van der Waals surface area contributed by atoms with E-state index in [2.05, 4.69) is 31.9 Å². The molecule has 2 heterocycles. The van der Waals surface area contributed by atoms with Gasteiger partial charge in [-0.25, -0.2) is 0 Å². The average Bonchev–Trinajstić information content (AvgIpc) is 3.15. The molecule has 14 N–H and O–H groups in total. The summed E-state index contributed by atoms with van der Waals surface area (Å²) in [5.41, 5.74) is 0. The van der Waals surface area contributed by atoms with Gasteiger partial charge in [0.15, 0.2) is 12.6 Å². The maximum Gasteiger partial charge on any atom is 0.303 e. The maximum atomic E-state index is 13.1. The summed E-state index contributed by atoms with van der Waals surface area (Å²) in [4.78, 5) is 23.7. The van der Waals surface area contributed by atoms with Crippen LogP contribution in [0.1, 0.15) is 51.9 Å². The van der Waals surface area contributed by atoms with Gasteiger partial charge in [-0.05, 0) is 45.7 Å². The Morgan fingerprint density at radius 3 is 1.78 bits per heavy atom. The number of hydrogen-bond donors (Lipinski definition) is 14. The summed E-state index contributed by atoms with van der Waals surface area (Å²) in [6, 6.07) is -0.440. The Morgan fingerprint density at radius 1 is 0.611 bits per heavy atom. The standard InChI is InChI=1S/C34H68N6O14/c1-22-26(44)28(46)30(48)33(53-22)52-20-18-40-32(50)23(7-4-6-10-35-9-5-2-3-8-25(42)43)39-16-15-37-12-11-36-13-14-38-17-19-51-34-31(49)29(47)27(45)24(21-41)54-34/h22-24,26-31,33-39,41,44-49H,2-21H2,1H3,(H,40,50)(H,42,43)/t22-,23?,24+,26+,27+,28+,29-,30-,31-,33+,34-/m0/s1. The monoisotopic (exact) mass is 784 g/mol. The predicted molar refractivity (Wildman–Crippen MR) is 194 cm³/mol. The van der Waals surface area contributed by atoms with Crippen LogP contribution in [-0.2, 0) is 28.5 Å². The van der Waals surface area contributed by atoms with Gasteiger partial charge in [0.2, 0.25) is 5.91 Å². The molecule has 1 amide bonds. The molecule has 0 aromatic heterocycles. The Labute approximate surface area is 317 Å². The van der Waals surface area contributed by atoms with Crippen molar-refractivity contribution in [2.24, 2.45) is 0 Å². The van der Waals surface area contributed by atoms with Gasteiger partial charge in [-0.1, -0.05) is 12.8 Å². The number of carboxylic acids is 1. The summed E-state index contributed by atoms with van der Waals surface area (Å²) in [5.74, 6) is -0.962. The topological polar surface area (TPSA) is 305 Å². The van der Waals surface area contributed by atoms with Crippen LogP contribution < -0.4 is 31.9 Å². The van der Waals surface area contributed by atoms with E-state index in [0.29, 0.717) is 58.7 Å². The molecule has 2 aliphatic heterocycles. The van der Waals surface area contributed by atoms with Gasteiger partial charge >= 0.3 is 5.97 Å². The van der Waals surface area contributed by atoms with Crippen LogP contribution in [0, 0.1) is 0 Å². The van der Waals surface area contributed by atoms with E-state index < -0.39 is 80.0 Å². The van der Waals surface area contributed by atoms with Crippen LogP contribution in [0.2, 0.25) is 0 Å². The molecule has 54 heavy (non-hydrogen) atoms. The summed E-state index contributed by atoms with van der Waals surface area (Å²) in [5, 5.41) is 97.0. The molecule has 11 atom stereocenters. The predicted octanol–water partition coefficient (Wildman–Crippen LogP) is -5.10. The fourth-order valence-corrected chi connectivity index (χ4v) is 5.89. The number of aliphatic hydroxyl groups is 7. The van der Waals surface area contributed by atoms with E-state index in [9.17, 15) is 45.3 Å². The number of aliphatic hydroxyl groups excluding tert-OH is 7. The highest BCUT2D eigenvalue weighted by Crippen LogP contribution is 2.22. The third kappa shape index (κ3) is 19.0. The van der Waals surface area contributed by atoms with Crippen molar-refractivity contribution in [3.63, 3.8) is 0 Å². The van der Waals surface area contributed by atoms with Gasteiger partial charge in [0.05, 0.1) is 32.0 Å². The number of carbonyl (C=O) groups excluding carboxylic acids is 1. The third-order valence-corrected chi connectivity index (χ3v) is 9.21. The minimum Gasteiger partial charge on any atom is -0.481 e. The minimum atomic E-state index is -1.47. The van der Waals surface area contributed by atoms with Gasteiger partial charge in [-0.15, -0.1) is 0 Å². The fraction of sp³-hybridized carbons (Fsp3) is 0.941. The van der Waals surface area contributed by atoms with Gasteiger partial charge in [0.25, 0.3) is 0 Å². The number of rotatable bonds is 31. The van der Waals surface area contributed by atoms with E-state index >= 15 is 0 Å². The lowest BCUT2D eigenvalue weighted by molar-refractivity contribution is -0.300. The molecule has 0 aromatic carbocycles. The van der Waals surface area contributed by atoms with Crippen molar-refractivity contribution in [2.45, 2.75) is 119 Å². The zero-order valence-electron chi connectivity index (χ0n) is 31.5. The number of nitrogens with one attached hydrogen (secondary N) is 6. The first kappa shape index (κ1) is 48.4. The number of ether oxygens (including phenoxy) is 4. The minimum absolute atomic E-state index is 0.0338. The van der Waals surface area contributed by atoms with E-state index in [1.807, 2.05) is 0 Å². The van der Waals surface area contributed by atoms with Crippen molar-refractivity contribution in [1.82, 2.24) is 31.9 Å². The Hall–Kier alpha value is -1.70. The molecule has 20 nitrogen and oxygen atoms in total. The molecule has 0 radical (unpaired) electrons. The Bertz CT molecular complexity index is 993. The second-order valence-corrected chi connectivity index (χ2v) is 13.6. The molecule has 2 aliphatic rings. The van der Waals surface area contributed by atoms with Crippen molar-refractivity contribution in [2.75, 3.05) is 85.3 Å². The summed E-state index contributed by atoms with van der Waals surface area (Å²) < 4.78 is 21.7. The second-order valence-electron chi connectivity index (χ2n) is 13.6. The number of unbranched alkanes of at least 4 members (excludes halogenated alkanes) is 3. The molecule has 0 bridgehead atoms. The molecule has 20 heteroatoms. The van der Waals surface area contributed by atoms with Crippen LogP contribution in [0.4, 0.5) is 0 Å². The zero-order chi connectivity index (χ0) is 39.7. The van der Waals surface area contributed by atoms with Gasteiger partial charge < -0.3 is 91.7 Å². The molecular formula is C34H68N6O14. The number of hydrogen-bond acceptors (Lipinski definition) is 18. The highest BCUT2D eigenvalue weighted by molar-refractivity contribution is 5.81. The average molecular weight is 785 g/mol. The van der Waals surface area contributed by atoms with Crippen molar-refractivity contribution in [3.8, 4) is 0 Å². The molecule has 0 spiro atoms. The Balaban J connectivity index is 1.59. The molecule has 0 aromatic rings. The summed E-state index contributed by atoms with van der Waals surface area (Å²) in [6.07, 6.45) is -7.46. The largest absolute Gasteiger partial charge is 0.481 e. The summed E-state index contributed by atoms with van der Waals surface area (Å²) in [6.45, 7) is 7.46. The normalized spacial score (nSPS) is 29.3. The smallest absolute Gasteiger partial charge is 0.303 e. The van der Waals surface area contributed by atoms with Crippen LogP contribution >= 0.6 is 0 Å². The molecule has 2 rings (SSSR count). The van der Waals surface area contributed by atoms with E-state index in [4.69, 9.17) is 24.1 Å². The van der Waals surface area contributed by atoms with Gasteiger partial charge in [0, 0.05) is 58.8 Å². The van der Waals surface area contributed by atoms with E-state index in [0.717, 1.165) is 38.8 Å². The SMILES string of the molecule is C[C@@H]1O[C@@H](OCCNC(=O)C(CCCCNCCCCCC(=O)O)NCCNCCNCCNCCO[C@H]2O[C@H](CO)[C@@H](O)[C@H](O)[C@@H]2O)[C@@H](O)[C@H](O)[C@@H]1O. The van der Waals surface area contributed by atoms with E-state index in [-0.39, 0.29) is 32.1 Å².